The van der Waals surface area contributed by atoms with E-state index in [0.717, 1.165) is 0 Å². The van der Waals surface area contributed by atoms with E-state index in [1.807, 2.05) is 0 Å². The zero-order valence-corrected chi connectivity index (χ0v) is 8.01. The van der Waals surface area contributed by atoms with Gasteiger partial charge >= 0.3 is 6.61 Å². The zero-order chi connectivity index (χ0) is 9.84. The predicted molar refractivity (Wildman–Crippen MR) is 48.6 cm³/mol. The van der Waals surface area contributed by atoms with Gasteiger partial charge < -0.3 is 10.2 Å². The summed E-state index contributed by atoms with van der Waals surface area (Å²) in [6, 6.07) is 4.76. The maximum absolute atomic E-state index is 11.9. The third-order valence-corrected chi connectivity index (χ3v) is 1.95. The van der Waals surface area contributed by atoms with Gasteiger partial charge in [-0.25, -0.2) is 0 Å². The van der Waals surface area contributed by atoms with Crippen LogP contribution in [-0.4, -0.2) is 6.61 Å². The van der Waals surface area contributed by atoms with Crippen molar-refractivity contribution >= 4 is 21.6 Å². The average molecular weight is 253 g/mol. The summed E-state index contributed by atoms with van der Waals surface area (Å²) in [4.78, 5) is 0. The van der Waals surface area contributed by atoms with E-state index in [1.54, 1.807) is 12.1 Å². The van der Waals surface area contributed by atoms with Gasteiger partial charge in [-0.05, 0) is 28.1 Å². The predicted octanol–water partition coefficient (Wildman–Crippen LogP) is 2.34. The van der Waals surface area contributed by atoms with E-state index < -0.39 is 6.61 Å². The summed E-state index contributed by atoms with van der Waals surface area (Å²) in [7, 11) is 0. The highest BCUT2D eigenvalue weighted by molar-refractivity contribution is 9.10. The third kappa shape index (κ3) is 2.53. The molecule has 0 atom stereocenters. The number of rotatable bonds is 3. The first-order valence-corrected chi connectivity index (χ1v) is 4.14. The molecule has 0 bridgehead atoms. The summed E-state index contributed by atoms with van der Waals surface area (Å²) < 4.78 is 28.5. The van der Waals surface area contributed by atoms with E-state index in [-0.39, 0.29) is 5.75 Å². The average Bonchev–Trinajstić information content (AvgIpc) is 2.08. The molecule has 0 amide bonds. The SMILES string of the molecule is NNc1cccc(Br)c1OC(F)F. The maximum atomic E-state index is 11.9. The van der Waals surface area contributed by atoms with Gasteiger partial charge in [-0.1, -0.05) is 6.07 Å². The summed E-state index contributed by atoms with van der Waals surface area (Å²) >= 11 is 3.06. The molecule has 1 aromatic carbocycles. The number of nitrogens with two attached hydrogens (primary N) is 1. The second-order valence-corrected chi connectivity index (χ2v) is 2.99. The largest absolute Gasteiger partial charge is 0.431 e. The van der Waals surface area contributed by atoms with Crippen LogP contribution >= 0.6 is 15.9 Å². The van der Waals surface area contributed by atoms with Gasteiger partial charge in [-0.3, -0.25) is 5.84 Å². The first-order chi connectivity index (χ1) is 6.15. The van der Waals surface area contributed by atoms with Gasteiger partial charge in [0.1, 0.15) is 0 Å². The number of para-hydroxylation sites is 1. The molecule has 0 heterocycles. The summed E-state index contributed by atoms with van der Waals surface area (Å²) in [5.41, 5.74) is 2.55. The Morgan fingerprint density at radius 1 is 1.46 bits per heavy atom. The molecule has 0 aliphatic heterocycles. The van der Waals surface area contributed by atoms with Crippen molar-refractivity contribution in [3.05, 3.63) is 22.7 Å². The second-order valence-electron chi connectivity index (χ2n) is 2.14. The molecule has 0 aliphatic rings. The molecule has 0 saturated heterocycles. The van der Waals surface area contributed by atoms with Crippen molar-refractivity contribution in [1.29, 1.82) is 0 Å². The monoisotopic (exact) mass is 252 g/mol. The minimum absolute atomic E-state index is 0.000000000000000222. The fraction of sp³-hybridized carbons (Fsp3) is 0.143. The Hall–Kier alpha value is -0.880. The molecular weight excluding hydrogens is 246 g/mol. The Labute approximate surface area is 82.0 Å². The lowest BCUT2D eigenvalue weighted by molar-refractivity contribution is -0.0498. The molecule has 0 fully saturated rings. The van der Waals surface area contributed by atoms with Crippen LogP contribution in [0.4, 0.5) is 14.5 Å². The Morgan fingerprint density at radius 3 is 2.69 bits per heavy atom. The van der Waals surface area contributed by atoms with Crippen LogP contribution in [-0.2, 0) is 0 Å². The van der Waals surface area contributed by atoms with Crippen LogP contribution in [0, 0.1) is 0 Å². The standard InChI is InChI=1S/C7H7BrF2N2O/c8-4-2-1-3-5(12-11)6(4)13-7(9)10/h1-3,7,12H,11H2. The number of halogens is 3. The van der Waals surface area contributed by atoms with Gasteiger partial charge in [0.2, 0.25) is 0 Å². The van der Waals surface area contributed by atoms with Crippen molar-refractivity contribution in [2.24, 2.45) is 5.84 Å². The highest BCUT2D eigenvalue weighted by Gasteiger charge is 2.11. The summed E-state index contributed by atoms with van der Waals surface area (Å²) in [5.74, 6) is 5.10. The van der Waals surface area contributed by atoms with Crippen LogP contribution in [0.1, 0.15) is 0 Å². The normalized spacial score (nSPS) is 10.2. The number of hydrogen-bond acceptors (Lipinski definition) is 3. The van der Waals surface area contributed by atoms with Crippen molar-refractivity contribution in [1.82, 2.24) is 0 Å². The minimum atomic E-state index is -2.87. The summed E-state index contributed by atoms with van der Waals surface area (Å²) in [5, 5.41) is 0. The Bertz CT molecular complexity index is 296. The molecule has 1 rings (SSSR count). The number of anilines is 1. The third-order valence-electron chi connectivity index (χ3n) is 1.33. The topological polar surface area (TPSA) is 47.3 Å². The van der Waals surface area contributed by atoms with E-state index in [2.05, 4.69) is 26.1 Å². The Morgan fingerprint density at radius 2 is 2.15 bits per heavy atom. The molecular formula is C7H7BrF2N2O. The van der Waals surface area contributed by atoms with E-state index in [1.165, 1.54) is 6.07 Å². The number of ether oxygens (including phenoxy) is 1. The van der Waals surface area contributed by atoms with E-state index in [0.29, 0.717) is 10.2 Å². The zero-order valence-electron chi connectivity index (χ0n) is 6.43. The molecule has 0 radical (unpaired) electrons. The number of benzene rings is 1. The number of hydrazine groups is 1. The molecule has 0 unspecified atom stereocenters. The first kappa shape index (κ1) is 10.2. The van der Waals surface area contributed by atoms with E-state index >= 15 is 0 Å². The van der Waals surface area contributed by atoms with Gasteiger partial charge in [-0.2, -0.15) is 8.78 Å². The van der Waals surface area contributed by atoms with Crippen molar-refractivity contribution in [3.8, 4) is 5.75 Å². The molecule has 0 saturated carbocycles. The Kier molecular flexibility index (Phi) is 3.44. The quantitative estimate of drug-likeness (QED) is 0.642. The van der Waals surface area contributed by atoms with Gasteiger partial charge in [-0.15, -0.1) is 0 Å². The van der Waals surface area contributed by atoms with Crippen molar-refractivity contribution in [2.45, 2.75) is 6.61 Å². The number of hydrogen-bond donors (Lipinski definition) is 2. The number of alkyl halides is 2. The van der Waals surface area contributed by atoms with E-state index in [4.69, 9.17) is 5.84 Å². The lowest BCUT2D eigenvalue weighted by atomic mass is 10.3. The molecule has 3 nitrogen and oxygen atoms in total. The molecule has 3 N–H and O–H groups in total. The van der Waals surface area contributed by atoms with E-state index in [9.17, 15) is 8.78 Å². The van der Waals surface area contributed by atoms with Gasteiger partial charge in [0.25, 0.3) is 0 Å². The first-order valence-electron chi connectivity index (χ1n) is 3.35. The molecule has 6 heteroatoms. The van der Waals surface area contributed by atoms with Crippen molar-refractivity contribution in [3.63, 3.8) is 0 Å². The lowest BCUT2D eigenvalue weighted by Gasteiger charge is -2.11. The lowest BCUT2D eigenvalue weighted by Crippen LogP contribution is -2.11. The van der Waals surface area contributed by atoms with Crippen molar-refractivity contribution in [2.75, 3.05) is 5.43 Å². The summed E-state index contributed by atoms with van der Waals surface area (Å²) in [6.07, 6.45) is 0. The van der Waals surface area contributed by atoms with Crippen molar-refractivity contribution < 1.29 is 13.5 Å². The van der Waals surface area contributed by atoms with Crippen LogP contribution in [0.5, 0.6) is 5.75 Å². The highest BCUT2D eigenvalue weighted by atomic mass is 79.9. The summed E-state index contributed by atoms with van der Waals surface area (Å²) in [6.45, 7) is -2.87. The molecule has 0 aromatic heterocycles. The minimum Gasteiger partial charge on any atom is -0.431 e. The van der Waals surface area contributed by atoms with Crippen LogP contribution in [0.15, 0.2) is 22.7 Å². The molecule has 1 aromatic rings. The fourth-order valence-corrected chi connectivity index (χ4v) is 1.29. The molecule has 72 valence electrons. The molecule has 0 spiro atoms. The maximum Gasteiger partial charge on any atom is 0.387 e. The van der Waals surface area contributed by atoms with Crippen LogP contribution < -0.4 is 16.0 Å². The van der Waals surface area contributed by atoms with Crippen LogP contribution in [0.2, 0.25) is 0 Å². The highest BCUT2D eigenvalue weighted by Crippen LogP contribution is 2.33. The van der Waals surface area contributed by atoms with Crippen LogP contribution in [0.25, 0.3) is 0 Å². The van der Waals surface area contributed by atoms with Gasteiger partial charge in [0, 0.05) is 0 Å². The Balaban J connectivity index is 3.00. The second kappa shape index (κ2) is 4.38. The molecule has 13 heavy (non-hydrogen) atoms. The van der Waals surface area contributed by atoms with Gasteiger partial charge in [0.15, 0.2) is 5.75 Å². The fourth-order valence-electron chi connectivity index (χ4n) is 0.831. The smallest absolute Gasteiger partial charge is 0.387 e. The van der Waals surface area contributed by atoms with Gasteiger partial charge in [0.05, 0.1) is 10.2 Å². The number of nitrogens with one attached hydrogen (secondary N) is 1. The van der Waals surface area contributed by atoms with Crippen LogP contribution in [0.3, 0.4) is 0 Å². The molecule has 0 aliphatic carbocycles. The number of nitrogen functional groups attached to an aromatic ring is 1.